The molecule has 4 N–H and O–H groups in total. The second-order valence-corrected chi connectivity index (χ2v) is 7.14. The minimum absolute atomic E-state index is 0. The number of urea groups is 1. The van der Waals surface area contributed by atoms with Gasteiger partial charge in [0.2, 0.25) is 5.91 Å². The van der Waals surface area contributed by atoms with Crippen LogP contribution in [0.5, 0.6) is 0 Å². The van der Waals surface area contributed by atoms with E-state index in [-0.39, 0.29) is 24.3 Å². The van der Waals surface area contributed by atoms with Gasteiger partial charge in [0.05, 0.1) is 0 Å². The van der Waals surface area contributed by atoms with E-state index < -0.39 is 0 Å². The SMILES string of the molecule is Cl.O=C(CCCCCNC(=O)NC1CCCCC1)NC1CCNCC1. The van der Waals surface area contributed by atoms with Gasteiger partial charge in [0, 0.05) is 25.0 Å². The first-order valence-corrected chi connectivity index (χ1v) is 9.78. The monoisotopic (exact) mass is 374 g/mol. The Morgan fingerprint density at radius 3 is 2.24 bits per heavy atom. The second-order valence-electron chi connectivity index (χ2n) is 7.14. The lowest BCUT2D eigenvalue weighted by atomic mass is 9.96. The van der Waals surface area contributed by atoms with E-state index in [1.165, 1.54) is 19.3 Å². The highest BCUT2D eigenvalue weighted by Crippen LogP contribution is 2.17. The van der Waals surface area contributed by atoms with Crippen LogP contribution in [0.3, 0.4) is 0 Å². The Labute approximate surface area is 158 Å². The molecule has 2 fully saturated rings. The van der Waals surface area contributed by atoms with Crippen LogP contribution in [0.15, 0.2) is 0 Å². The van der Waals surface area contributed by atoms with E-state index >= 15 is 0 Å². The van der Waals surface area contributed by atoms with Crippen molar-refractivity contribution in [1.29, 1.82) is 0 Å². The number of carbonyl (C=O) groups is 2. The van der Waals surface area contributed by atoms with Crippen molar-refractivity contribution in [1.82, 2.24) is 21.3 Å². The van der Waals surface area contributed by atoms with Gasteiger partial charge in [-0.3, -0.25) is 4.79 Å². The summed E-state index contributed by atoms with van der Waals surface area (Å²) < 4.78 is 0. The predicted molar refractivity (Wildman–Crippen MR) is 103 cm³/mol. The Hall–Kier alpha value is -1.01. The fourth-order valence-electron chi connectivity index (χ4n) is 3.54. The summed E-state index contributed by atoms with van der Waals surface area (Å²) in [5, 5.41) is 12.4. The fourth-order valence-corrected chi connectivity index (χ4v) is 3.54. The number of hydrogen-bond acceptors (Lipinski definition) is 3. The molecule has 6 nitrogen and oxygen atoms in total. The summed E-state index contributed by atoms with van der Waals surface area (Å²) in [6, 6.07) is 0.673. The number of piperidine rings is 1. The van der Waals surface area contributed by atoms with Gasteiger partial charge in [0.25, 0.3) is 0 Å². The molecule has 0 radical (unpaired) electrons. The van der Waals surface area contributed by atoms with Gasteiger partial charge in [-0.15, -0.1) is 12.4 Å². The molecule has 2 rings (SSSR count). The average molecular weight is 375 g/mol. The molecule has 3 amide bonds. The van der Waals surface area contributed by atoms with Gasteiger partial charge < -0.3 is 21.3 Å². The Balaban J connectivity index is 0.00000312. The van der Waals surface area contributed by atoms with Crippen molar-refractivity contribution < 1.29 is 9.59 Å². The molecular weight excluding hydrogens is 340 g/mol. The van der Waals surface area contributed by atoms with Crippen LogP contribution in [0.25, 0.3) is 0 Å². The third-order valence-electron chi connectivity index (χ3n) is 5.01. The van der Waals surface area contributed by atoms with E-state index in [9.17, 15) is 9.59 Å². The minimum Gasteiger partial charge on any atom is -0.353 e. The number of unbranched alkanes of at least 4 members (excludes halogenated alkanes) is 2. The summed E-state index contributed by atoms with van der Waals surface area (Å²) in [6.45, 7) is 2.69. The first-order chi connectivity index (χ1) is 11.7. The Morgan fingerprint density at radius 2 is 1.52 bits per heavy atom. The molecule has 1 aliphatic heterocycles. The molecule has 0 aromatic rings. The Kier molecular flexibility index (Phi) is 11.7. The highest BCUT2D eigenvalue weighted by molar-refractivity contribution is 5.85. The van der Waals surface area contributed by atoms with Crippen LogP contribution in [0, 0.1) is 0 Å². The Bertz CT molecular complexity index is 347. The van der Waals surface area contributed by atoms with Crippen LogP contribution in [0.4, 0.5) is 4.79 Å². The third-order valence-corrected chi connectivity index (χ3v) is 5.01. The first-order valence-electron chi connectivity index (χ1n) is 9.78. The van der Waals surface area contributed by atoms with E-state index in [0.29, 0.717) is 25.0 Å². The van der Waals surface area contributed by atoms with Crippen LogP contribution in [-0.4, -0.2) is 43.7 Å². The quantitative estimate of drug-likeness (QED) is 0.492. The number of amides is 3. The van der Waals surface area contributed by atoms with E-state index in [0.717, 1.165) is 58.0 Å². The molecule has 146 valence electrons. The lowest BCUT2D eigenvalue weighted by Crippen LogP contribution is -2.43. The third kappa shape index (κ3) is 9.90. The Morgan fingerprint density at radius 1 is 0.840 bits per heavy atom. The highest BCUT2D eigenvalue weighted by Gasteiger charge is 2.16. The van der Waals surface area contributed by atoms with Crippen molar-refractivity contribution in [2.45, 2.75) is 82.7 Å². The van der Waals surface area contributed by atoms with Gasteiger partial charge in [-0.25, -0.2) is 4.79 Å². The molecule has 7 heteroatoms. The zero-order valence-corrected chi connectivity index (χ0v) is 16.1. The largest absolute Gasteiger partial charge is 0.353 e. The van der Waals surface area contributed by atoms with Crippen LogP contribution < -0.4 is 21.3 Å². The summed E-state index contributed by atoms with van der Waals surface area (Å²) in [5.41, 5.74) is 0. The fraction of sp³-hybridized carbons (Fsp3) is 0.889. The molecule has 25 heavy (non-hydrogen) atoms. The van der Waals surface area contributed by atoms with Gasteiger partial charge in [0.15, 0.2) is 0 Å². The molecule has 0 atom stereocenters. The van der Waals surface area contributed by atoms with Crippen molar-refractivity contribution in [2.24, 2.45) is 0 Å². The summed E-state index contributed by atoms with van der Waals surface area (Å²) in [5.74, 6) is 0.171. The lowest BCUT2D eigenvalue weighted by molar-refractivity contribution is -0.122. The van der Waals surface area contributed by atoms with Crippen LogP contribution in [0.1, 0.15) is 70.6 Å². The summed E-state index contributed by atoms with van der Waals surface area (Å²) in [7, 11) is 0. The maximum atomic E-state index is 11.9. The van der Waals surface area contributed by atoms with E-state index in [2.05, 4.69) is 21.3 Å². The molecule has 0 aromatic heterocycles. The van der Waals surface area contributed by atoms with Crippen LogP contribution in [-0.2, 0) is 4.79 Å². The van der Waals surface area contributed by atoms with E-state index in [4.69, 9.17) is 0 Å². The van der Waals surface area contributed by atoms with E-state index in [1.54, 1.807) is 0 Å². The molecule has 0 unspecified atom stereocenters. The highest BCUT2D eigenvalue weighted by atomic mass is 35.5. The van der Waals surface area contributed by atoms with E-state index in [1.807, 2.05) is 0 Å². The second kappa shape index (κ2) is 13.2. The van der Waals surface area contributed by atoms with Gasteiger partial charge in [0.1, 0.15) is 0 Å². The number of rotatable bonds is 8. The van der Waals surface area contributed by atoms with Gasteiger partial charge in [-0.1, -0.05) is 25.7 Å². The molecule has 0 aromatic carbocycles. The number of nitrogens with one attached hydrogen (secondary N) is 4. The molecule has 1 saturated heterocycles. The summed E-state index contributed by atoms with van der Waals surface area (Å²) in [6.07, 6.45) is 11.4. The number of hydrogen-bond donors (Lipinski definition) is 4. The van der Waals surface area contributed by atoms with Crippen LogP contribution >= 0.6 is 12.4 Å². The minimum atomic E-state index is -0.0365. The molecular formula is C18H35ClN4O2. The summed E-state index contributed by atoms with van der Waals surface area (Å²) >= 11 is 0. The standard InChI is InChI=1S/C18H34N4O2.ClH/c23-17(21-16-10-13-19-14-11-16)9-5-2-6-12-20-18(24)22-15-7-3-1-4-8-15;/h15-16,19H,1-14H2,(H,21,23)(H2,20,22,24);1H. The van der Waals surface area contributed by atoms with Crippen LogP contribution in [0.2, 0.25) is 0 Å². The van der Waals surface area contributed by atoms with Crippen molar-refractivity contribution >= 4 is 24.3 Å². The average Bonchev–Trinajstić information content (AvgIpc) is 2.60. The molecule has 1 aliphatic carbocycles. The number of carbonyl (C=O) groups excluding carboxylic acids is 2. The zero-order valence-electron chi connectivity index (χ0n) is 15.3. The molecule has 1 heterocycles. The molecule has 2 aliphatic rings. The van der Waals surface area contributed by atoms with Gasteiger partial charge >= 0.3 is 6.03 Å². The maximum Gasteiger partial charge on any atom is 0.315 e. The summed E-state index contributed by atoms with van der Waals surface area (Å²) in [4.78, 5) is 23.6. The van der Waals surface area contributed by atoms with Gasteiger partial charge in [-0.05, 0) is 51.6 Å². The van der Waals surface area contributed by atoms with Crippen molar-refractivity contribution in [3.8, 4) is 0 Å². The zero-order chi connectivity index (χ0) is 17.0. The molecule has 0 bridgehead atoms. The number of halogens is 1. The van der Waals surface area contributed by atoms with Crippen molar-refractivity contribution in [3.63, 3.8) is 0 Å². The maximum absolute atomic E-state index is 11.9. The molecule has 1 saturated carbocycles. The lowest BCUT2D eigenvalue weighted by Gasteiger charge is -2.23. The van der Waals surface area contributed by atoms with Crippen molar-refractivity contribution in [2.75, 3.05) is 19.6 Å². The normalized spacial score (nSPS) is 18.9. The predicted octanol–water partition coefficient (Wildman–Crippen LogP) is 2.47. The first kappa shape index (κ1) is 22.0. The molecule has 0 spiro atoms. The van der Waals surface area contributed by atoms with Gasteiger partial charge in [-0.2, -0.15) is 0 Å². The smallest absolute Gasteiger partial charge is 0.315 e. The van der Waals surface area contributed by atoms with Crippen molar-refractivity contribution in [3.05, 3.63) is 0 Å². The topological polar surface area (TPSA) is 82.3 Å².